The Bertz CT molecular complexity index is 1480. The van der Waals surface area contributed by atoms with Crippen molar-refractivity contribution in [1.82, 2.24) is 14.9 Å². The zero-order valence-corrected chi connectivity index (χ0v) is 22.7. The van der Waals surface area contributed by atoms with Crippen LogP contribution in [0.1, 0.15) is 28.9 Å². The van der Waals surface area contributed by atoms with E-state index in [0.29, 0.717) is 30.0 Å². The van der Waals surface area contributed by atoms with Gasteiger partial charge in [-0.1, -0.05) is 41.4 Å². The molecule has 10 heteroatoms. The van der Waals surface area contributed by atoms with Gasteiger partial charge in [0.25, 0.3) is 5.91 Å². The van der Waals surface area contributed by atoms with Crippen LogP contribution in [0.5, 0.6) is 5.75 Å². The quantitative estimate of drug-likeness (QED) is 0.277. The monoisotopic (exact) mass is 565 g/mol. The first kappa shape index (κ1) is 26.7. The molecule has 1 aliphatic rings. The number of hydrogen-bond acceptors (Lipinski definition) is 6. The number of benzene rings is 2. The van der Waals surface area contributed by atoms with Crippen molar-refractivity contribution in [2.75, 3.05) is 36.8 Å². The molecule has 0 aliphatic carbocycles. The Morgan fingerprint density at radius 3 is 2.44 bits per heavy atom. The highest BCUT2D eigenvalue weighted by molar-refractivity contribution is 6.36. The van der Waals surface area contributed by atoms with Gasteiger partial charge in [0.15, 0.2) is 11.6 Å². The number of rotatable bonds is 6. The summed E-state index contributed by atoms with van der Waals surface area (Å²) < 4.78 is 20.0. The minimum atomic E-state index is -0.682. The van der Waals surface area contributed by atoms with Crippen LogP contribution in [0.15, 0.2) is 73.1 Å². The lowest BCUT2D eigenvalue weighted by molar-refractivity contribution is 0.0746. The summed E-state index contributed by atoms with van der Waals surface area (Å²) in [6, 6.07) is 17.5. The number of pyridine rings is 2. The molecular weight excluding hydrogens is 540 g/mol. The van der Waals surface area contributed by atoms with Crippen molar-refractivity contribution >= 4 is 40.7 Å². The maximum Gasteiger partial charge on any atom is 0.253 e. The molecule has 1 fully saturated rings. The van der Waals surface area contributed by atoms with Gasteiger partial charge in [-0.25, -0.2) is 14.4 Å². The number of anilines is 2. The van der Waals surface area contributed by atoms with Gasteiger partial charge in [-0.3, -0.25) is 4.79 Å². The molecule has 1 atom stereocenters. The van der Waals surface area contributed by atoms with Crippen LogP contribution in [0.2, 0.25) is 10.0 Å². The third-order valence-corrected chi connectivity index (χ3v) is 7.39. The van der Waals surface area contributed by atoms with Crippen LogP contribution in [0.3, 0.4) is 0 Å². The van der Waals surface area contributed by atoms with Gasteiger partial charge in [-0.05, 0) is 55.0 Å². The second-order valence-corrected chi connectivity index (χ2v) is 9.95. The fourth-order valence-corrected chi connectivity index (χ4v) is 5.22. The first-order chi connectivity index (χ1) is 18.8. The number of aromatic nitrogens is 2. The predicted octanol–water partition coefficient (Wildman–Crippen LogP) is 6.27. The highest BCUT2D eigenvalue weighted by atomic mass is 35.5. The van der Waals surface area contributed by atoms with E-state index in [1.807, 2.05) is 35.2 Å². The Kier molecular flexibility index (Phi) is 7.86. The molecule has 0 spiro atoms. The molecule has 200 valence electrons. The summed E-state index contributed by atoms with van der Waals surface area (Å²) in [7, 11) is 0. The zero-order chi connectivity index (χ0) is 27.5. The summed E-state index contributed by atoms with van der Waals surface area (Å²) in [5.74, 6) is 0.801. The predicted molar refractivity (Wildman–Crippen MR) is 152 cm³/mol. The minimum Gasteiger partial charge on any atom is -0.482 e. The number of piperazine rings is 1. The number of carbonyl (C=O) groups is 1. The summed E-state index contributed by atoms with van der Waals surface area (Å²) in [4.78, 5) is 25.8. The second kappa shape index (κ2) is 11.5. The highest BCUT2D eigenvalue weighted by Crippen LogP contribution is 2.37. The van der Waals surface area contributed by atoms with Crippen molar-refractivity contribution in [3.05, 3.63) is 100 Å². The fraction of sp³-hybridized carbons (Fsp3) is 0.207. The molecule has 4 aromatic rings. The van der Waals surface area contributed by atoms with Crippen molar-refractivity contribution in [3.63, 3.8) is 0 Å². The third kappa shape index (κ3) is 5.77. The second-order valence-electron chi connectivity index (χ2n) is 9.17. The van der Waals surface area contributed by atoms with Gasteiger partial charge >= 0.3 is 0 Å². The van der Waals surface area contributed by atoms with E-state index >= 15 is 0 Å². The Morgan fingerprint density at radius 2 is 1.74 bits per heavy atom. The molecular formula is C29H26Cl2FN5O2. The highest BCUT2D eigenvalue weighted by Gasteiger charge is 2.23. The Hall–Kier alpha value is -3.88. The summed E-state index contributed by atoms with van der Waals surface area (Å²) in [5, 5.41) is 0.186. The number of ether oxygens (including phenoxy) is 1. The molecule has 1 unspecified atom stereocenters. The molecule has 1 amide bonds. The normalized spacial score (nSPS) is 14.3. The Balaban J connectivity index is 1.27. The first-order valence-electron chi connectivity index (χ1n) is 12.4. The zero-order valence-electron chi connectivity index (χ0n) is 21.2. The van der Waals surface area contributed by atoms with E-state index in [2.05, 4.69) is 14.9 Å². The first-order valence-corrected chi connectivity index (χ1v) is 13.2. The lowest BCUT2D eigenvalue weighted by atomic mass is 10.0. The van der Waals surface area contributed by atoms with Crippen molar-refractivity contribution in [1.29, 1.82) is 0 Å². The molecule has 5 rings (SSSR count). The molecule has 2 N–H and O–H groups in total. The van der Waals surface area contributed by atoms with Crippen LogP contribution < -0.4 is 15.4 Å². The van der Waals surface area contributed by atoms with Crippen LogP contribution >= 0.6 is 23.2 Å². The molecule has 2 aromatic carbocycles. The van der Waals surface area contributed by atoms with E-state index in [0.717, 1.165) is 30.0 Å². The number of hydrogen-bond donors (Lipinski definition) is 1. The number of nitrogen functional groups attached to an aromatic ring is 1. The average molecular weight is 566 g/mol. The number of nitrogens with two attached hydrogens (primary N) is 1. The number of amides is 1. The fourth-order valence-electron chi connectivity index (χ4n) is 4.54. The minimum absolute atomic E-state index is 0.0145. The summed E-state index contributed by atoms with van der Waals surface area (Å²) >= 11 is 12.4. The summed E-state index contributed by atoms with van der Waals surface area (Å²) in [5.41, 5.74) is 8.56. The average Bonchev–Trinajstić information content (AvgIpc) is 2.97. The van der Waals surface area contributed by atoms with Gasteiger partial charge in [-0.2, -0.15) is 0 Å². The van der Waals surface area contributed by atoms with Crippen molar-refractivity contribution in [2.24, 2.45) is 0 Å². The number of halogens is 3. The van der Waals surface area contributed by atoms with Gasteiger partial charge in [-0.15, -0.1) is 0 Å². The molecule has 3 heterocycles. The molecule has 0 radical (unpaired) electrons. The standard InChI is InChI=1S/C29H26Cl2FN5O2/c1-18(26-22(30)9-10-23(32)27(26)31)39-24-16-21(17-35-28(24)33)19-5-7-20(8-6-19)29(38)37-14-12-36(13-15-37)25-4-2-3-11-34-25/h2-11,16-18H,12-15H2,1H3,(H2,33,35). The Morgan fingerprint density at radius 1 is 1.00 bits per heavy atom. The Labute approximate surface area is 235 Å². The van der Waals surface area contributed by atoms with E-state index in [-0.39, 0.29) is 21.8 Å². The van der Waals surface area contributed by atoms with Gasteiger partial charge in [0.2, 0.25) is 0 Å². The van der Waals surface area contributed by atoms with Crippen LogP contribution in [0.25, 0.3) is 11.1 Å². The summed E-state index contributed by atoms with van der Waals surface area (Å²) in [6.07, 6.45) is 2.72. The maximum atomic E-state index is 14.0. The SMILES string of the molecule is CC(Oc1cc(-c2ccc(C(=O)N3CCN(c4ccccn4)CC3)cc2)cnc1N)c1c(Cl)ccc(F)c1Cl. The van der Waals surface area contributed by atoms with Gasteiger partial charge in [0, 0.05) is 60.3 Å². The molecule has 0 saturated carbocycles. The molecule has 1 saturated heterocycles. The topological polar surface area (TPSA) is 84.6 Å². The third-order valence-electron chi connectivity index (χ3n) is 6.68. The van der Waals surface area contributed by atoms with Crippen LogP contribution in [0.4, 0.5) is 16.0 Å². The molecule has 0 bridgehead atoms. The molecule has 1 aliphatic heterocycles. The van der Waals surface area contributed by atoms with Crippen molar-refractivity contribution < 1.29 is 13.9 Å². The van der Waals surface area contributed by atoms with Gasteiger partial charge in [0.05, 0.1) is 5.02 Å². The lowest BCUT2D eigenvalue weighted by Crippen LogP contribution is -2.49. The van der Waals surface area contributed by atoms with Gasteiger partial charge in [0.1, 0.15) is 17.7 Å². The molecule has 39 heavy (non-hydrogen) atoms. The van der Waals surface area contributed by atoms with E-state index in [9.17, 15) is 9.18 Å². The van der Waals surface area contributed by atoms with Gasteiger partial charge < -0.3 is 20.3 Å². The number of nitrogens with zero attached hydrogens (tertiary/aromatic N) is 4. The van der Waals surface area contributed by atoms with E-state index in [1.165, 1.54) is 12.1 Å². The number of carbonyl (C=O) groups excluding carboxylic acids is 1. The van der Waals surface area contributed by atoms with E-state index in [4.69, 9.17) is 33.7 Å². The summed E-state index contributed by atoms with van der Waals surface area (Å²) in [6.45, 7) is 4.40. The van der Waals surface area contributed by atoms with E-state index in [1.54, 1.807) is 37.5 Å². The molecule has 7 nitrogen and oxygen atoms in total. The maximum absolute atomic E-state index is 14.0. The van der Waals surface area contributed by atoms with E-state index < -0.39 is 11.9 Å². The lowest BCUT2D eigenvalue weighted by Gasteiger charge is -2.35. The van der Waals surface area contributed by atoms with Crippen molar-refractivity contribution in [3.8, 4) is 16.9 Å². The largest absolute Gasteiger partial charge is 0.482 e. The van der Waals surface area contributed by atoms with Crippen LogP contribution in [-0.4, -0.2) is 47.0 Å². The smallest absolute Gasteiger partial charge is 0.253 e. The van der Waals surface area contributed by atoms with Crippen LogP contribution in [-0.2, 0) is 0 Å². The van der Waals surface area contributed by atoms with Crippen LogP contribution in [0, 0.1) is 5.82 Å². The molecule has 2 aromatic heterocycles. The van der Waals surface area contributed by atoms with Crippen molar-refractivity contribution in [2.45, 2.75) is 13.0 Å².